The van der Waals surface area contributed by atoms with Gasteiger partial charge in [-0.3, -0.25) is 9.59 Å². The molecule has 0 fully saturated rings. The van der Waals surface area contributed by atoms with Crippen LogP contribution in [0.15, 0.2) is 23.5 Å². The van der Waals surface area contributed by atoms with Gasteiger partial charge >= 0.3 is 5.97 Å². The Labute approximate surface area is 211 Å². The molecular formula is C27H26FN3O6. The first-order valence-electron chi connectivity index (χ1n) is 11.9. The van der Waals surface area contributed by atoms with E-state index in [0.29, 0.717) is 50.1 Å². The van der Waals surface area contributed by atoms with Gasteiger partial charge in [-0.25, -0.2) is 14.2 Å². The molecule has 2 aliphatic rings. The number of carbonyl (C=O) groups is 2. The molecule has 10 heteroatoms. The maximum atomic E-state index is 15.0. The van der Waals surface area contributed by atoms with E-state index in [0.717, 1.165) is 0 Å². The van der Waals surface area contributed by atoms with Crippen LogP contribution in [0.4, 0.5) is 4.39 Å². The predicted molar refractivity (Wildman–Crippen MR) is 133 cm³/mol. The number of cyclic esters (lactones) is 1. The number of ether oxygens (including phenoxy) is 1. The molecule has 37 heavy (non-hydrogen) atoms. The van der Waals surface area contributed by atoms with Gasteiger partial charge < -0.3 is 24.8 Å². The number of allylic oxidation sites excluding steroid dienone is 1. The molecule has 192 valence electrons. The predicted octanol–water partition coefficient (Wildman–Crippen LogP) is 2.17. The van der Waals surface area contributed by atoms with Crippen LogP contribution in [0.1, 0.15) is 53.6 Å². The molecule has 0 unspecified atom stereocenters. The quantitative estimate of drug-likeness (QED) is 0.353. The fourth-order valence-corrected chi connectivity index (χ4v) is 5.38. The van der Waals surface area contributed by atoms with E-state index in [4.69, 9.17) is 9.72 Å². The maximum Gasteiger partial charge on any atom is 0.343 e. The molecule has 1 amide bonds. The van der Waals surface area contributed by atoms with E-state index in [-0.39, 0.29) is 37.2 Å². The number of hydrogen-bond donors (Lipinski definition) is 3. The summed E-state index contributed by atoms with van der Waals surface area (Å²) in [6, 6.07) is 2.87. The summed E-state index contributed by atoms with van der Waals surface area (Å²) in [5, 5.41) is 23.6. The van der Waals surface area contributed by atoms with E-state index in [2.05, 4.69) is 11.9 Å². The first-order valence-corrected chi connectivity index (χ1v) is 11.9. The van der Waals surface area contributed by atoms with Gasteiger partial charge in [-0.2, -0.15) is 0 Å². The number of hydrogen-bond acceptors (Lipinski definition) is 7. The first kappa shape index (κ1) is 24.8. The van der Waals surface area contributed by atoms with Gasteiger partial charge in [-0.05, 0) is 43.0 Å². The average Bonchev–Trinajstić information content (AvgIpc) is 3.23. The molecule has 1 aromatic carbocycles. The third-order valence-corrected chi connectivity index (χ3v) is 7.32. The Morgan fingerprint density at radius 2 is 2.05 bits per heavy atom. The summed E-state index contributed by atoms with van der Waals surface area (Å²) in [5.41, 5.74) is 1.79. The van der Waals surface area contributed by atoms with Crippen molar-refractivity contribution in [2.75, 3.05) is 6.61 Å². The van der Waals surface area contributed by atoms with E-state index in [1.165, 1.54) is 10.6 Å². The number of halogens is 1. The van der Waals surface area contributed by atoms with Crippen LogP contribution in [0.2, 0.25) is 0 Å². The summed E-state index contributed by atoms with van der Waals surface area (Å²) in [4.78, 5) is 42.7. The van der Waals surface area contributed by atoms with Gasteiger partial charge in [0.15, 0.2) is 5.60 Å². The number of fused-ring (bicyclic) bond motifs is 5. The lowest BCUT2D eigenvalue weighted by Crippen LogP contribution is -2.44. The zero-order chi connectivity index (χ0) is 26.8. The van der Waals surface area contributed by atoms with Crippen molar-refractivity contribution in [3.05, 3.63) is 68.3 Å². The SMILES string of the molecule is C=C(C)c1c(C)c(F)cc2nc3c(c(CNC(=O)CO)c12)Cn1c-3cc2c(c1=O)COC(=O)[C@]2(O)CC. The van der Waals surface area contributed by atoms with Crippen LogP contribution in [0.3, 0.4) is 0 Å². The summed E-state index contributed by atoms with van der Waals surface area (Å²) >= 11 is 0. The minimum atomic E-state index is -1.98. The molecule has 2 aliphatic heterocycles. The standard InChI is InChI=1S/C27H26FN3O6/c1-5-27(36)17-6-20-24-15(9-31(20)25(34)16(17)11-37-26(27)35)14(8-29-21(33)10-32)23-19(30-24)7-18(28)13(4)22(23)12(2)3/h6-7,32,36H,2,5,8-11H2,1,3-4H3,(H,29,33)/t27-/m0/s1. The molecule has 0 saturated carbocycles. The number of rotatable bonds is 5. The molecule has 0 radical (unpaired) electrons. The van der Waals surface area contributed by atoms with Crippen LogP contribution in [-0.4, -0.2) is 38.2 Å². The highest BCUT2D eigenvalue weighted by atomic mass is 19.1. The number of benzene rings is 1. The van der Waals surface area contributed by atoms with Gasteiger partial charge in [-0.15, -0.1) is 0 Å². The van der Waals surface area contributed by atoms with Crippen LogP contribution >= 0.6 is 0 Å². The van der Waals surface area contributed by atoms with Crippen molar-refractivity contribution in [1.82, 2.24) is 14.9 Å². The average molecular weight is 508 g/mol. The lowest BCUT2D eigenvalue weighted by molar-refractivity contribution is -0.172. The Hall–Kier alpha value is -3.89. The summed E-state index contributed by atoms with van der Waals surface area (Å²) in [6.45, 7) is 8.15. The highest BCUT2D eigenvalue weighted by Crippen LogP contribution is 2.42. The number of aliphatic hydroxyl groups is 2. The second kappa shape index (κ2) is 8.60. The molecule has 1 atom stereocenters. The Morgan fingerprint density at radius 1 is 1.32 bits per heavy atom. The number of aromatic nitrogens is 2. The van der Waals surface area contributed by atoms with Crippen LogP contribution in [0, 0.1) is 12.7 Å². The van der Waals surface area contributed by atoms with Crippen LogP contribution in [0.25, 0.3) is 27.9 Å². The fourth-order valence-electron chi connectivity index (χ4n) is 5.38. The van der Waals surface area contributed by atoms with Crippen molar-refractivity contribution < 1.29 is 28.9 Å². The van der Waals surface area contributed by atoms with Crippen molar-refractivity contribution in [1.29, 1.82) is 0 Å². The number of pyridine rings is 2. The van der Waals surface area contributed by atoms with E-state index in [9.17, 15) is 29.0 Å². The van der Waals surface area contributed by atoms with Crippen molar-refractivity contribution in [2.24, 2.45) is 0 Å². The molecule has 5 rings (SSSR count). The Balaban J connectivity index is 1.85. The van der Waals surface area contributed by atoms with E-state index >= 15 is 0 Å². The number of nitrogens with zero attached hydrogens (tertiary/aromatic N) is 2. The van der Waals surface area contributed by atoms with Crippen molar-refractivity contribution in [3.63, 3.8) is 0 Å². The second-order valence-electron chi connectivity index (χ2n) is 9.49. The topological polar surface area (TPSA) is 131 Å². The van der Waals surface area contributed by atoms with E-state index in [1.807, 2.05) is 0 Å². The summed E-state index contributed by atoms with van der Waals surface area (Å²) in [5.74, 6) is -1.90. The third kappa shape index (κ3) is 3.51. The molecule has 2 aromatic heterocycles. The highest BCUT2D eigenvalue weighted by Gasteiger charge is 2.45. The largest absolute Gasteiger partial charge is 0.458 e. The summed E-state index contributed by atoms with van der Waals surface area (Å²) < 4.78 is 21.6. The molecule has 9 nitrogen and oxygen atoms in total. The molecular weight excluding hydrogens is 481 g/mol. The third-order valence-electron chi connectivity index (χ3n) is 7.32. The molecule has 0 saturated heterocycles. The number of nitrogens with one attached hydrogen (secondary N) is 1. The number of carbonyl (C=O) groups excluding carboxylic acids is 2. The highest BCUT2D eigenvalue weighted by molar-refractivity contribution is 5.98. The molecule has 0 aliphatic carbocycles. The minimum Gasteiger partial charge on any atom is -0.458 e. The van der Waals surface area contributed by atoms with Gasteiger partial charge in [-0.1, -0.05) is 19.1 Å². The van der Waals surface area contributed by atoms with Gasteiger partial charge in [0.25, 0.3) is 5.56 Å². The second-order valence-corrected chi connectivity index (χ2v) is 9.49. The zero-order valence-corrected chi connectivity index (χ0v) is 20.7. The first-order chi connectivity index (χ1) is 17.5. The fraction of sp³-hybridized carbons (Fsp3) is 0.333. The number of aliphatic hydroxyl groups excluding tert-OH is 1. The molecule has 3 N–H and O–H groups in total. The Morgan fingerprint density at radius 3 is 2.70 bits per heavy atom. The van der Waals surface area contributed by atoms with Gasteiger partial charge in [0.1, 0.15) is 19.0 Å². The molecule has 0 spiro atoms. The normalized spacial score (nSPS) is 17.7. The molecule has 4 heterocycles. The van der Waals surface area contributed by atoms with Gasteiger partial charge in [0.2, 0.25) is 5.91 Å². The van der Waals surface area contributed by atoms with Crippen molar-refractivity contribution >= 4 is 28.4 Å². The Bertz CT molecular complexity index is 1610. The monoisotopic (exact) mass is 507 g/mol. The van der Waals surface area contributed by atoms with Crippen molar-refractivity contribution in [2.45, 2.75) is 52.5 Å². The van der Waals surface area contributed by atoms with Crippen LogP contribution in [0.5, 0.6) is 0 Å². The molecule has 3 aromatic rings. The minimum absolute atomic E-state index is 0.00460. The Kier molecular flexibility index (Phi) is 5.76. The van der Waals surface area contributed by atoms with Gasteiger partial charge in [0.05, 0.1) is 29.0 Å². The summed E-state index contributed by atoms with van der Waals surface area (Å²) in [6.07, 6.45) is 0.00460. The number of amides is 1. The summed E-state index contributed by atoms with van der Waals surface area (Å²) in [7, 11) is 0. The zero-order valence-electron chi connectivity index (χ0n) is 20.7. The van der Waals surface area contributed by atoms with Crippen LogP contribution in [-0.2, 0) is 39.6 Å². The maximum absolute atomic E-state index is 15.0. The molecule has 0 bridgehead atoms. The van der Waals surface area contributed by atoms with E-state index < -0.39 is 35.5 Å². The smallest absolute Gasteiger partial charge is 0.343 e. The lowest BCUT2D eigenvalue weighted by atomic mass is 9.86. The lowest BCUT2D eigenvalue weighted by Gasteiger charge is -2.31. The van der Waals surface area contributed by atoms with Crippen molar-refractivity contribution in [3.8, 4) is 11.4 Å². The number of esters is 1. The van der Waals surface area contributed by atoms with Gasteiger partial charge in [0, 0.05) is 29.1 Å². The van der Waals surface area contributed by atoms with Crippen LogP contribution < -0.4 is 10.9 Å². The van der Waals surface area contributed by atoms with E-state index in [1.54, 1.807) is 26.8 Å².